The van der Waals surface area contributed by atoms with Gasteiger partial charge in [0.15, 0.2) is 5.65 Å². The van der Waals surface area contributed by atoms with Crippen molar-refractivity contribution in [3.63, 3.8) is 0 Å². The highest BCUT2D eigenvalue weighted by atomic mass is 16.5. The van der Waals surface area contributed by atoms with Crippen molar-refractivity contribution in [1.29, 1.82) is 0 Å². The van der Waals surface area contributed by atoms with E-state index in [1.165, 1.54) is 12.7 Å². The maximum atomic E-state index is 11.8. The number of hydrogen-bond donors (Lipinski definition) is 0. The predicted molar refractivity (Wildman–Crippen MR) is 103 cm³/mol. The van der Waals surface area contributed by atoms with Gasteiger partial charge < -0.3 is 14.4 Å². The van der Waals surface area contributed by atoms with Gasteiger partial charge in [0.2, 0.25) is 5.95 Å². The standard InChI is InChI=1S/C20H26N4O3/c1-4-24-17-16(11-15(13-21-17)18(25)26-3)22-19(24)23-8-6-20(7-9-23)12-14(2)5-10-27-20/h11-13H,4-10H2,1-3H3. The molecule has 2 aromatic rings. The molecule has 0 aliphatic carbocycles. The van der Waals surface area contributed by atoms with Crippen molar-refractivity contribution in [1.82, 2.24) is 14.5 Å². The molecule has 1 saturated heterocycles. The number of rotatable bonds is 3. The van der Waals surface area contributed by atoms with Crippen LogP contribution in [-0.4, -0.2) is 52.9 Å². The second-order valence-corrected chi connectivity index (χ2v) is 7.36. The van der Waals surface area contributed by atoms with Crippen LogP contribution in [0.5, 0.6) is 0 Å². The molecule has 0 atom stereocenters. The lowest BCUT2D eigenvalue weighted by molar-refractivity contribution is -0.0327. The molecule has 27 heavy (non-hydrogen) atoms. The van der Waals surface area contributed by atoms with E-state index < -0.39 is 5.97 Å². The molecular weight excluding hydrogens is 344 g/mol. The number of anilines is 1. The van der Waals surface area contributed by atoms with Gasteiger partial charge in [-0.3, -0.25) is 4.57 Å². The second-order valence-electron chi connectivity index (χ2n) is 7.36. The summed E-state index contributed by atoms with van der Waals surface area (Å²) in [6.45, 7) is 7.64. The molecule has 4 rings (SSSR count). The summed E-state index contributed by atoms with van der Waals surface area (Å²) in [5.41, 5.74) is 3.25. The molecule has 0 saturated carbocycles. The van der Waals surface area contributed by atoms with Crippen LogP contribution in [0, 0.1) is 0 Å². The van der Waals surface area contributed by atoms with Crippen LogP contribution >= 0.6 is 0 Å². The van der Waals surface area contributed by atoms with E-state index in [9.17, 15) is 4.79 Å². The number of pyridine rings is 1. The highest BCUT2D eigenvalue weighted by Crippen LogP contribution is 2.35. The lowest BCUT2D eigenvalue weighted by Crippen LogP contribution is -2.47. The van der Waals surface area contributed by atoms with E-state index in [1.54, 1.807) is 12.3 Å². The van der Waals surface area contributed by atoms with Crippen molar-refractivity contribution in [2.45, 2.75) is 45.3 Å². The van der Waals surface area contributed by atoms with E-state index >= 15 is 0 Å². The largest absolute Gasteiger partial charge is 0.465 e. The number of methoxy groups -OCH3 is 1. The summed E-state index contributed by atoms with van der Waals surface area (Å²) in [6, 6.07) is 1.76. The molecule has 1 fully saturated rings. The minimum absolute atomic E-state index is 0.113. The molecule has 7 heteroatoms. The molecule has 2 aliphatic heterocycles. The number of carbonyl (C=O) groups excluding carboxylic acids is 1. The molecule has 0 amide bonds. The average Bonchev–Trinajstić information content (AvgIpc) is 3.05. The van der Waals surface area contributed by atoms with E-state index in [0.29, 0.717) is 5.56 Å². The van der Waals surface area contributed by atoms with Crippen molar-refractivity contribution in [2.75, 3.05) is 31.7 Å². The Morgan fingerprint density at radius 1 is 1.37 bits per heavy atom. The highest BCUT2D eigenvalue weighted by Gasteiger charge is 2.36. The van der Waals surface area contributed by atoms with Crippen LogP contribution < -0.4 is 4.90 Å². The summed E-state index contributed by atoms with van der Waals surface area (Å²) in [6.07, 6.45) is 6.82. The van der Waals surface area contributed by atoms with Gasteiger partial charge in [-0.2, -0.15) is 0 Å². The Morgan fingerprint density at radius 3 is 2.81 bits per heavy atom. The fourth-order valence-corrected chi connectivity index (χ4v) is 4.11. The van der Waals surface area contributed by atoms with Gasteiger partial charge >= 0.3 is 5.97 Å². The van der Waals surface area contributed by atoms with Crippen molar-refractivity contribution in [2.24, 2.45) is 0 Å². The zero-order valence-electron chi connectivity index (χ0n) is 16.2. The minimum Gasteiger partial charge on any atom is -0.465 e. The van der Waals surface area contributed by atoms with Gasteiger partial charge in [-0.1, -0.05) is 11.6 Å². The Balaban J connectivity index is 1.62. The quantitative estimate of drug-likeness (QED) is 0.611. The number of fused-ring (bicyclic) bond motifs is 1. The topological polar surface area (TPSA) is 69.5 Å². The average molecular weight is 370 g/mol. The first-order valence-corrected chi connectivity index (χ1v) is 9.57. The summed E-state index contributed by atoms with van der Waals surface area (Å²) in [5.74, 6) is 0.516. The molecule has 0 bridgehead atoms. The van der Waals surface area contributed by atoms with Gasteiger partial charge in [0.25, 0.3) is 0 Å². The second kappa shape index (κ2) is 6.96. The van der Waals surface area contributed by atoms with Crippen LogP contribution in [0.1, 0.15) is 43.5 Å². The van der Waals surface area contributed by atoms with Gasteiger partial charge in [0.1, 0.15) is 5.52 Å². The van der Waals surface area contributed by atoms with Gasteiger partial charge in [0, 0.05) is 25.8 Å². The molecule has 2 aliphatic rings. The first-order valence-electron chi connectivity index (χ1n) is 9.57. The van der Waals surface area contributed by atoms with Gasteiger partial charge in [-0.05, 0) is 39.2 Å². The van der Waals surface area contributed by atoms with Crippen LogP contribution in [0.25, 0.3) is 11.2 Å². The fraction of sp³-hybridized carbons (Fsp3) is 0.550. The number of hydrogen-bond acceptors (Lipinski definition) is 6. The number of ether oxygens (including phenoxy) is 2. The number of aromatic nitrogens is 3. The molecule has 2 aromatic heterocycles. The minimum atomic E-state index is -0.395. The van der Waals surface area contributed by atoms with Crippen molar-refractivity contribution in [3.8, 4) is 0 Å². The van der Waals surface area contributed by atoms with Crippen LogP contribution in [0.2, 0.25) is 0 Å². The highest BCUT2D eigenvalue weighted by molar-refractivity contribution is 5.92. The number of esters is 1. The first-order chi connectivity index (χ1) is 13.0. The molecule has 0 unspecified atom stereocenters. The molecule has 0 N–H and O–H groups in total. The SMILES string of the molecule is CCn1c(N2CCC3(C=C(C)CCO3)CC2)nc2cc(C(=O)OC)cnc21. The lowest BCUT2D eigenvalue weighted by Gasteiger charge is -2.42. The first kappa shape index (κ1) is 18.0. The Kier molecular flexibility index (Phi) is 4.63. The van der Waals surface area contributed by atoms with Gasteiger partial charge in [-0.25, -0.2) is 14.8 Å². The van der Waals surface area contributed by atoms with Crippen molar-refractivity contribution >= 4 is 23.1 Å². The van der Waals surface area contributed by atoms with Crippen molar-refractivity contribution in [3.05, 3.63) is 29.5 Å². The van der Waals surface area contributed by atoms with Gasteiger partial charge in [0.05, 0.1) is 24.9 Å². The van der Waals surface area contributed by atoms with Crippen molar-refractivity contribution < 1.29 is 14.3 Å². The van der Waals surface area contributed by atoms with E-state index in [0.717, 1.165) is 62.6 Å². The van der Waals surface area contributed by atoms with Gasteiger partial charge in [-0.15, -0.1) is 0 Å². The number of aryl methyl sites for hydroxylation is 1. The maximum absolute atomic E-state index is 11.8. The van der Waals surface area contributed by atoms with Crippen LogP contribution in [0.3, 0.4) is 0 Å². The molecule has 4 heterocycles. The molecule has 144 valence electrons. The summed E-state index contributed by atoms with van der Waals surface area (Å²) in [5, 5.41) is 0. The summed E-state index contributed by atoms with van der Waals surface area (Å²) in [7, 11) is 1.37. The third-order valence-electron chi connectivity index (χ3n) is 5.59. The zero-order valence-corrected chi connectivity index (χ0v) is 16.2. The summed E-state index contributed by atoms with van der Waals surface area (Å²) < 4.78 is 13.0. The Morgan fingerprint density at radius 2 is 2.15 bits per heavy atom. The summed E-state index contributed by atoms with van der Waals surface area (Å²) >= 11 is 0. The van der Waals surface area contributed by atoms with E-state index in [1.807, 2.05) is 0 Å². The molecule has 1 spiro atoms. The van der Waals surface area contributed by atoms with E-state index in [4.69, 9.17) is 14.5 Å². The van der Waals surface area contributed by atoms with Crippen LogP contribution in [0.4, 0.5) is 5.95 Å². The van der Waals surface area contributed by atoms with E-state index in [2.05, 4.69) is 34.4 Å². The monoisotopic (exact) mass is 370 g/mol. The number of piperidine rings is 1. The van der Waals surface area contributed by atoms with Crippen LogP contribution in [-0.2, 0) is 16.0 Å². The Bertz CT molecular complexity index is 894. The summed E-state index contributed by atoms with van der Waals surface area (Å²) in [4.78, 5) is 23.4. The molecule has 0 radical (unpaired) electrons. The maximum Gasteiger partial charge on any atom is 0.339 e. The fourth-order valence-electron chi connectivity index (χ4n) is 4.11. The predicted octanol–water partition coefficient (Wildman–Crippen LogP) is 2.94. The zero-order chi connectivity index (χ0) is 19.0. The molecule has 0 aromatic carbocycles. The Labute approximate surface area is 159 Å². The lowest BCUT2D eigenvalue weighted by atomic mass is 9.87. The molecule has 7 nitrogen and oxygen atoms in total. The van der Waals surface area contributed by atoms with E-state index in [-0.39, 0.29) is 5.60 Å². The van der Waals surface area contributed by atoms with Crippen LogP contribution in [0.15, 0.2) is 23.9 Å². The number of nitrogens with zero attached hydrogens (tertiary/aromatic N) is 4. The smallest absolute Gasteiger partial charge is 0.339 e. The number of carbonyl (C=O) groups is 1. The third-order valence-corrected chi connectivity index (χ3v) is 5.59. The molecular formula is C20H26N4O3. The normalized spacial score (nSPS) is 19.4. The Hall–Kier alpha value is -2.41. The third kappa shape index (κ3) is 3.20. The number of imidazole rings is 1.